The van der Waals surface area contributed by atoms with Gasteiger partial charge in [0.1, 0.15) is 12.1 Å². The predicted octanol–water partition coefficient (Wildman–Crippen LogP) is 3.29. The lowest BCUT2D eigenvalue weighted by molar-refractivity contribution is -0.147. The van der Waals surface area contributed by atoms with E-state index in [9.17, 15) is 22.8 Å². The number of hydrogen-bond donors (Lipinski definition) is 3. The van der Waals surface area contributed by atoms with Crippen LogP contribution in [0.25, 0.3) is 0 Å². The van der Waals surface area contributed by atoms with Crippen molar-refractivity contribution in [1.29, 1.82) is 0 Å². The molecule has 6 nitrogen and oxygen atoms in total. The number of nitrogens with one attached hydrogen (secondary N) is 1. The smallest absolute Gasteiger partial charge is 0.350 e. The van der Waals surface area contributed by atoms with E-state index in [1.54, 1.807) is 4.90 Å². The van der Waals surface area contributed by atoms with E-state index in [0.29, 0.717) is 35.5 Å². The highest BCUT2D eigenvalue weighted by atomic mass is 35.5. The number of benzene rings is 1. The fourth-order valence-corrected chi connectivity index (χ4v) is 5.00. The average molecular weight is 489 g/mol. The standard InChI is InChI=1S/C23H32ClF3N4O2/c24-17-9-8-15(12-19(28)23(25,26)27)16(11-17)13-30-21(32)18-7-4-10-31(18)22(33)20(29)14-5-2-1-3-6-14/h8-9,11,14,18-20H,1-7,10,12-13,28-29H2,(H,30,32)/t18-,19?,20+/m0/s1. The van der Waals surface area contributed by atoms with Gasteiger partial charge < -0.3 is 21.7 Å². The first kappa shape index (κ1) is 25.8. The van der Waals surface area contributed by atoms with Crippen molar-refractivity contribution in [3.8, 4) is 0 Å². The van der Waals surface area contributed by atoms with Gasteiger partial charge in [-0.3, -0.25) is 9.59 Å². The topological polar surface area (TPSA) is 101 Å². The second-order valence-electron chi connectivity index (χ2n) is 9.10. The van der Waals surface area contributed by atoms with Crippen LogP contribution in [0.1, 0.15) is 56.1 Å². The summed E-state index contributed by atoms with van der Waals surface area (Å²) in [7, 11) is 0. The number of carbonyl (C=O) groups excluding carboxylic acids is 2. The van der Waals surface area contributed by atoms with Gasteiger partial charge in [0.2, 0.25) is 11.8 Å². The molecule has 5 N–H and O–H groups in total. The van der Waals surface area contributed by atoms with Gasteiger partial charge in [0.15, 0.2) is 0 Å². The SMILES string of the molecule is NC(Cc1ccc(Cl)cc1CNC(=O)[C@@H]1CCCN1C(=O)[C@H](N)C1CCCCC1)C(F)(F)F. The van der Waals surface area contributed by atoms with Crippen molar-refractivity contribution in [3.05, 3.63) is 34.3 Å². The number of amides is 2. The number of rotatable bonds is 7. The largest absolute Gasteiger partial charge is 0.403 e. The molecule has 1 aromatic rings. The molecular weight excluding hydrogens is 457 g/mol. The molecule has 1 heterocycles. The van der Waals surface area contributed by atoms with Crippen molar-refractivity contribution >= 4 is 23.4 Å². The molecule has 1 saturated carbocycles. The van der Waals surface area contributed by atoms with Gasteiger partial charge in [-0.05, 0) is 61.3 Å². The fraction of sp³-hybridized carbons (Fsp3) is 0.652. The molecule has 2 fully saturated rings. The molecule has 0 radical (unpaired) electrons. The van der Waals surface area contributed by atoms with Gasteiger partial charge in [0, 0.05) is 18.1 Å². The summed E-state index contributed by atoms with van der Waals surface area (Å²) in [5, 5.41) is 3.12. The number of hydrogen-bond acceptors (Lipinski definition) is 4. The molecule has 2 amide bonds. The Hall–Kier alpha value is -1.84. The molecule has 184 valence electrons. The third-order valence-electron chi connectivity index (χ3n) is 6.76. The molecule has 3 atom stereocenters. The third kappa shape index (κ3) is 6.61. The molecule has 3 rings (SSSR count). The minimum atomic E-state index is -4.53. The lowest BCUT2D eigenvalue weighted by Gasteiger charge is -2.32. The Kier molecular flexibility index (Phi) is 8.64. The quantitative estimate of drug-likeness (QED) is 0.548. The number of alkyl halides is 3. The molecule has 10 heteroatoms. The van der Waals surface area contributed by atoms with Gasteiger partial charge >= 0.3 is 6.18 Å². The van der Waals surface area contributed by atoms with Gasteiger partial charge in [-0.1, -0.05) is 36.9 Å². The Morgan fingerprint density at radius 2 is 1.79 bits per heavy atom. The van der Waals surface area contributed by atoms with E-state index in [2.05, 4.69) is 5.32 Å². The highest BCUT2D eigenvalue weighted by Gasteiger charge is 2.39. The van der Waals surface area contributed by atoms with Crippen molar-refractivity contribution in [2.75, 3.05) is 6.54 Å². The number of likely N-dealkylation sites (tertiary alicyclic amines) is 1. The first-order chi connectivity index (χ1) is 15.6. The van der Waals surface area contributed by atoms with Crippen LogP contribution in [0.2, 0.25) is 5.02 Å². The summed E-state index contributed by atoms with van der Waals surface area (Å²) < 4.78 is 38.7. The zero-order valence-electron chi connectivity index (χ0n) is 18.5. The van der Waals surface area contributed by atoms with Gasteiger partial charge in [0.05, 0.1) is 6.04 Å². The van der Waals surface area contributed by atoms with Gasteiger partial charge in [-0.25, -0.2) is 0 Å². The Bertz CT molecular complexity index is 845. The Balaban J connectivity index is 1.64. The third-order valence-corrected chi connectivity index (χ3v) is 7.00. The molecule has 1 aromatic carbocycles. The molecular formula is C23H32ClF3N4O2. The van der Waals surface area contributed by atoms with Crippen LogP contribution in [-0.4, -0.2) is 47.6 Å². The monoisotopic (exact) mass is 488 g/mol. The van der Waals surface area contributed by atoms with Crippen LogP contribution >= 0.6 is 11.6 Å². The van der Waals surface area contributed by atoms with Crippen LogP contribution in [0.5, 0.6) is 0 Å². The lowest BCUT2D eigenvalue weighted by Crippen LogP contribution is -2.53. The Labute approximate surface area is 197 Å². The normalized spacial score (nSPS) is 21.6. The molecule has 0 spiro atoms. The summed E-state index contributed by atoms with van der Waals surface area (Å²) in [5.41, 5.74) is 12.4. The molecule has 1 aliphatic heterocycles. The number of nitrogens with two attached hydrogens (primary N) is 2. The minimum absolute atomic E-state index is 0.00743. The van der Waals surface area contributed by atoms with Gasteiger partial charge in [-0.2, -0.15) is 13.2 Å². The molecule has 1 saturated heterocycles. The number of halogens is 4. The van der Waals surface area contributed by atoms with Crippen LogP contribution in [0.4, 0.5) is 13.2 Å². The van der Waals surface area contributed by atoms with E-state index < -0.39 is 30.7 Å². The van der Waals surface area contributed by atoms with Crippen LogP contribution in [0, 0.1) is 5.92 Å². The van der Waals surface area contributed by atoms with E-state index in [1.165, 1.54) is 18.2 Å². The molecule has 1 aliphatic carbocycles. The van der Waals surface area contributed by atoms with E-state index in [0.717, 1.165) is 32.1 Å². The van der Waals surface area contributed by atoms with Gasteiger partial charge in [-0.15, -0.1) is 0 Å². The van der Waals surface area contributed by atoms with Crippen molar-refractivity contribution in [1.82, 2.24) is 10.2 Å². The number of carbonyl (C=O) groups is 2. The Morgan fingerprint density at radius 3 is 2.45 bits per heavy atom. The zero-order valence-corrected chi connectivity index (χ0v) is 19.3. The summed E-state index contributed by atoms with van der Waals surface area (Å²) in [4.78, 5) is 27.5. The summed E-state index contributed by atoms with van der Waals surface area (Å²) in [6, 6.07) is 1.25. The van der Waals surface area contributed by atoms with Crippen molar-refractivity contribution in [2.45, 2.75) is 82.2 Å². The molecule has 0 bridgehead atoms. The zero-order chi connectivity index (χ0) is 24.2. The molecule has 1 unspecified atom stereocenters. The highest BCUT2D eigenvalue weighted by molar-refractivity contribution is 6.30. The predicted molar refractivity (Wildman–Crippen MR) is 120 cm³/mol. The maximum absolute atomic E-state index is 13.0. The fourth-order valence-electron chi connectivity index (χ4n) is 4.80. The Morgan fingerprint density at radius 1 is 1.09 bits per heavy atom. The highest BCUT2D eigenvalue weighted by Crippen LogP contribution is 2.29. The average Bonchev–Trinajstić information content (AvgIpc) is 3.28. The molecule has 0 aromatic heterocycles. The van der Waals surface area contributed by atoms with Crippen LogP contribution in [0.3, 0.4) is 0 Å². The van der Waals surface area contributed by atoms with Gasteiger partial charge in [0.25, 0.3) is 0 Å². The van der Waals surface area contributed by atoms with Crippen LogP contribution in [0.15, 0.2) is 18.2 Å². The lowest BCUT2D eigenvalue weighted by atomic mass is 9.83. The maximum atomic E-state index is 13.0. The van der Waals surface area contributed by atoms with Crippen molar-refractivity contribution < 1.29 is 22.8 Å². The van der Waals surface area contributed by atoms with E-state index in [-0.39, 0.29) is 24.3 Å². The second kappa shape index (κ2) is 11.1. The molecule has 2 aliphatic rings. The van der Waals surface area contributed by atoms with Crippen molar-refractivity contribution in [3.63, 3.8) is 0 Å². The summed E-state index contributed by atoms with van der Waals surface area (Å²) >= 11 is 6.03. The summed E-state index contributed by atoms with van der Waals surface area (Å²) in [6.07, 6.45) is 1.42. The van der Waals surface area contributed by atoms with E-state index in [1.807, 2.05) is 0 Å². The molecule has 33 heavy (non-hydrogen) atoms. The maximum Gasteiger partial charge on any atom is 0.403 e. The van der Waals surface area contributed by atoms with Crippen molar-refractivity contribution in [2.24, 2.45) is 17.4 Å². The first-order valence-corrected chi connectivity index (χ1v) is 11.9. The number of nitrogens with zero attached hydrogens (tertiary/aromatic N) is 1. The summed E-state index contributed by atoms with van der Waals surface area (Å²) in [6.45, 7) is 0.465. The van der Waals surface area contributed by atoms with E-state index >= 15 is 0 Å². The van der Waals surface area contributed by atoms with Crippen LogP contribution in [-0.2, 0) is 22.6 Å². The summed E-state index contributed by atoms with van der Waals surface area (Å²) in [5.74, 6) is -0.399. The van der Waals surface area contributed by atoms with Crippen LogP contribution < -0.4 is 16.8 Å². The van der Waals surface area contributed by atoms with E-state index in [4.69, 9.17) is 23.1 Å². The second-order valence-corrected chi connectivity index (χ2v) is 9.53. The minimum Gasteiger partial charge on any atom is -0.350 e. The first-order valence-electron chi connectivity index (χ1n) is 11.5.